The highest BCUT2D eigenvalue weighted by Gasteiger charge is 2.28. The monoisotopic (exact) mass is 930 g/mol. The van der Waals surface area contributed by atoms with Gasteiger partial charge in [-0.25, -0.2) is 21.8 Å². The number of amides is 2. The van der Waals surface area contributed by atoms with Crippen LogP contribution >= 0.6 is 0 Å². The highest BCUT2D eigenvalue weighted by Crippen LogP contribution is 2.38. The minimum absolute atomic E-state index is 0.00583. The molecule has 4 aliphatic rings. The summed E-state index contributed by atoms with van der Waals surface area (Å²) >= 11 is 0. The van der Waals surface area contributed by atoms with E-state index in [0.29, 0.717) is 56.3 Å². The first kappa shape index (κ1) is 50.1. The lowest BCUT2D eigenvalue weighted by Gasteiger charge is -2.19. The predicted octanol–water partition coefficient (Wildman–Crippen LogP) is 2.36. The van der Waals surface area contributed by atoms with Crippen LogP contribution in [0.2, 0.25) is 0 Å². The van der Waals surface area contributed by atoms with Gasteiger partial charge in [-0.3, -0.25) is 14.6 Å². The summed E-state index contributed by atoms with van der Waals surface area (Å²) in [5.74, 6) is -0.626. The fraction of sp³-hybridized carbons (Fsp3) is 0.524. The van der Waals surface area contributed by atoms with Gasteiger partial charge in [-0.1, -0.05) is 67.7 Å². The van der Waals surface area contributed by atoms with Gasteiger partial charge in [0.15, 0.2) is 29.4 Å². The third-order valence-electron chi connectivity index (χ3n) is 10.0. The van der Waals surface area contributed by atoms with Crippen molar-refractivity contribution in [2.45, 2.75) is 86.7 Å². The standard InChI is InChI=1S/C23H29N5O6S.C16H23N3O6S.C3H6/c1-2-28(10-11-29)35(31,32)19-7-5-17(6-8-19)22(27-34-18-9-12-33-15-18)23(30)26-21-14-24-20(13-25-21)16-3-4-16;1-2-19(8-9-20)26(22,23)14-5-3-12(4-6-14)15(16(17)21)18-25-13-7-10-24-11-13;1-2-3-1/h5-8,13-14,16,18,29H,2-4,9-12,15H2,1H3,(H,25,26,30);3-6,13,20H,2,7-11H2,1H3,(H2,17,21);1-3H2/b27-22+;18-15+;/t18-;13-;/m11./s1. The number of rotatable bonds is 20. The highest BCUT2D eigenvalue weighted by molar-refractivity contribution is 7.89. The van der Waals surface area contributed by atoms with Crippen LogP contribution in [0.15, 0.2) is 81.0 Å². The molecule has 22 heteroatoms. The van der Waals surface area contributed by atoms with Crippen LogP contribution in [-0.2, 0) is 48.8 Å². The summed E-state index contributed by atoms with van der Waals surface area (Å²) < 4.78 is 63.5. The molecule has 2 amide bonds. The summed E-state index contributed by atoms with van der Waals surface area (Å²) in [5.41, 5.74) is 6.85. The van der Waals surface area contributed by atoms with Gasteiger partial charge < -0.3 is 40.4 Å². The quantitative estimate of drug-likeness (QED) is 0.0936. The van der Waals surface area contributed by atoms with Crippen LogP contribution in [0.5, 0.6) is 0 Å². The molecular formula is C42H58N8O12S2. The number of hydrogen-bond donors (Lipinski definition) is 4. The maximum absolute atomic E-state index is 13.1. The van der Waals surface area contributed by atoms with Gasteiger partial charge in [0.05, 0.1) is 67.5 Å². The minimum atomic E-state index is -3.79. The van der Waals surface area contributed by atoms with Crippen LogP contribution in [0.25, 0.3) is 0 Å². The number of likely N-dealkylation sites (N-methyl/N-ethyl adjacent to an activating group) is 2. The number of aliphatic hydroxyl groups is 2. The summed E-state index contributed by atoms with van der Waals surface area (Å²) in [6, 6.07) is 11.4. The molecule has 2 aliphatic carbocycles. The minimum Gasteiger partial charge on any atom is -0.395 e. The van der Waals surface area contributed by atoms with Crippen LogP contribution in [0.1, 0.15) is 81.5 Å². The maximum Gasteiger partial charge on any atom is 0.279 e. The summed E-state index contributed by atoms with van der Waals surface area (Å²) in [7, 11) is -7.52. The second-order valence-electron chi connectivity index (χ2n) is 15.0. The summed E-state index contributed by atoms with van der Waals surface area (Å²) in [6.45, 7) is 5.17. The molecule has 4 fully saturated rings. The van der Waals surface area contributed by atoms with Crippen molar-refractivity contribution in [3.8, 4) is 0 Å². The van der Waals surface area contributed by atoms with E-state index in [-0.39, 0.29) is 78.6 Å². The molecule has 2 saturated carbocycles. The van der Waals surface area contributed by atoms with E-state index in [1.165, 1.54) is 78.3 Å². The van der Waals surface area contributed by atoms with E-state index in [2.05, 4.69) is 25.6 Å². The number of nitrogens with one attached hydrogen (secondary N) is 1. The Bertz CT molecular complexity index is 2240. The molecular weight excluding hydrogens is 873 g/mol. The van der Waals surface area contributed by atoms with Crippen LogP contribution in [0.3, 0.4) is 0 Å². The number of primary amides is 1. The number of carbonyl (C=O) groups is 2. The van der Waals surface area contributed by atoms with Gasteiger partial charge in [0.2, 0.25) is 20.0 Å². The Hall–Kier alpha value is -4.94. The first-order valence-electron chi connectivity index (χ1n) is 21.3. The van der Waals surface area contributed by atoms with Crippen molar-refractivity contribution in [3.63, 3.8) is 0 Å². The first-order valence-corrected chi connectivity index (χ1v) is 24.2. The van der Waals surface area contributed by atoms with Crippen molar-refractivity contribution in [1.82, 2.24) is 18.6 Å². The van der Waals surface area contributed by atoms with E-state index in [0.717, 1.165) is 22.8 Å². The maximum atomic E-state index is 13.1. The zero-order chi connectivity index (χ0) is 46.1. The molecule has 0 radical (unpaired) electrons. The lowest BCUT2D eigenvalue weighted by molar-refractivity contribution is -0.112. The zero-order valence-electron chi connectivity index (χ0n) is 36.1. The average molecular weight is 931 g/mol. The van der Waals surface area contributed by atoms with Crippen LogP contribution in [0, 0.1) is 0 Å². The molecule has 0 spiro atoms. The lowest BCUT2D eigenvalue weighted by Crippen LogP contribution is -2.33. The van der Waals surface area contributed by atoms with E-state index in [4.69, 9.17) is 30.0 Å². The van der Waals surface area contributed by atoms with Crippen LogP contribution < -0.4 is 11.1 Å². The molecule has 350 valence electrons. The fourth-order valence-electron chi connectivity index (χ4n) is 6.07. The molecule has 0 unspecified atom stereocenters. The molecule has 1 aromatic heterocycles. The van der Waals surface area contributed by atoms with E-state index in [1.807, 2.05) is 0 Å². The third kappa shape index (κ3) is 14.5. The van der Waals surface area contributed by atoms with Gasteiger partial charge in [0.1, 0.15) is 0 Å². The summed E-state index contributed by atoms with van der Waals surface area (Å²) in [5, 5.41) is 28.8. The van der Waals surface area contributed by atoms with Gasteiger partial charge in [-0.2, -0.15) is 8.61 Å². The van der Waals surface area contributed by atoms with Gasteiger partial charge in [-0.05, 0) is 37.1 Å². The van der Waals surface area contributed by atoms with Crippen molar-refractivity contribution in [1.29, 1.82) is 0 Å². The fourth-order valence-corrected chi connectivity index (χ4v) is 8.95. The molecule has 3 heterocycles. The number of aromatic nitrogens is 2. The number of sulfonamides is 2. The van der Waals surface area contributed by atoms with Gasteiger partial charge in [-0.15, -0.1) is 0 Å². The van der Waals surface area contributed by atoms with Crippen molar-refractivity contribution in [2.24, 2.45) is 16.0 Å². The number of nitrogens with zero attached hydrogens (tertiary/aromatic N) is 6. The summed E-state index contributed by atoms with van der Waals surface area (Å²) in [6.07, 6.45) is 10.7. The Morgan fingerprint density at radius 3 is 1.56 bits per heavy atom. The molecule has 64 heavy (non-hydrogen) atoms. The van der Waals surface area contributed by atoms with Crippen molar-refractivity contribution >= 4 is 49.1 Å². The zero-order valence-corrected chi connectivity index (χ0v) is 37.7. The number of benzene rings is 2. The number of carbonyl (C=O) groups excluding carboxylic acids is 2. The van der Waals surface area contributed by atoms with E-state index in [1.54, 1.807) is 20.0 Å². The Kier molecular flexibility index (Phi) is 19.1. The summed E-state index contributed by atoms with van der Waals surface area (Å²) in [4.78, 5) is 44.3. The van der Waals surface area contributed by atoms with Crippen molar-refractivity contribution < 1.29 is 55.8 Å². The van der Waals surface area contributed by atoms with Gasteiger partial charge >= 0.3 is 0 Å². The Morgan fingerprint density at radius 1 is 0.734 bits per heavy atom. The van der Waals surface area contributed by atoms with Crippen LogP contribution in [-0.4, -0.2) is 147 Å². The molecule has 2 aliphatic heterocycles. The normalized spacial score (nSPS) is 18.7. The topological polar surface area (TPSA) is 275 Å². The Labute approximate surface area is 373 Å². The molecule has 2 saturated heterocycles. The average Bonchev–Trinajstić information content (AvgIpc) is 4.25. The lowest BCUT2D eigenvalue weighted by atomic mass is 10.1. The highest BCUT2D eigenvalue weighted by atomic mass is 32.2. The molecule has 20 nitrogen and oxygen atoms in total. The SMILES string of the molecule is C1CC1.CCN(CCO)S(=O)(=O)c1ccc(/C(=N\O[C@@H]2CCOC2)C(=O)Nc2cnc(C3CC3)cn2)cc1.CCN(CCO)S(=O)(=O)c1ccc(/C(=N\O[C@@H]2CCOC2)C(N)=O)cc1. The Morgan fingerprint density at radius 2 is 1.20 bits per heavy atom. The molecule has 5 N–H and O–H groups in total. The molecule has 2 atom stereocenters. The number of nitrogens with two attached hydrogens (primary N) is 1. The smallest absolute Gasteiger partial charge is 0.279 e. The number of ether oxygens (including phenoxy) is 2. The number of anilines is 1. The first-order chi connectivity index (χ1) is 30.8. The van der Waals surface area contributed by atoms with Gasteiger partial charge in [0.25, 0.3) is 11.8 Å². The number of hydrogen-bond acceptors (Lipinski definition) is 16. The van der Waals surface area contributed by atoms with Crippen LogP contribution in [0.4, 0.5) is 5.82 Å². The van der Waals surface area contributed by atoms with Crippen molar-refractivity contribution in [2.75, 3.05) is 71.1 Å². The van der Waals surface area contributed by atoms with Crippen molar-refractivity contribution in [3.05, 3.63) is 77.7 Å². The molecule has 0 bridgehead atoms. The van der Waals surface area contributed by atoms with E-state index >= 15 is 0 Å². The largest absolute Gasteiger partial charge is 0.395 e. The number of aliphatic hydroxyl groups excluding tert-OH is 2. The molecule has 3 aromatic rings. The predicted molar refractivity (Wildman–Crippen MR) is 235 cm³/mol. The van der Waals surface area contributed by atoms with Gasteiger partial charge in [0, 0.05) is 56.1 Å². The second kappa shape index (κ2) is 24.4. The molecule has 2 aromatic carbocycles. The van der Waals surface area contributed by atoms with E-state index in [9.17, 15) is 31.5 Å². The molecule has 7 rings (SSSR count). The second-order valence-corrected chi connectivity index (χ2v) is 18.9. The van der Waals surface area contributed by atoms with E-state index < -0.39 is 31.9 Å². The third-order valence-corrected chi connectivity index (χ3v) is 14.0. The Balaban J connectivity index is 0.000000235. The number of oxime groups is 2.